The second-order valence-electron chi connectivity index (χ2n) is 9.64. The number of hydrogen-bond donors (Lipinski definition) is 1. The molecule has 242 valence electrons. The van der Waals surface area contributed by atoms with Crippen molar-refractivity contribution in [3.05, 3.63) is 72.7 Å². The molecule has 1 aliphatic heterocycles. The lowest BCUT2D eigenvalue weighted by molar-refractivity contribution is -0.274. The van der Waals surface area contributed by atoms with Gasteiger partial charge in [-0.05, 0) is 42.5 Å². The van der Waals surface area contributed by atoms with Crippen LogP contribution in [-0.4, -0.2) is 58.8 Å². The molecule has 4 rings (SSSR count). The molecule has 1 fully saturated rings. The fourth-order valence-electron chi connectivity index (χ4n) is 4.54. The number of nitriles is 1. The summed E-state index contributed by atoms with van der Waals surface area (Å²) in [5.41, 5.74) is -0.447. The quantitative estimate of drug-likeness (QED) is 0.208. The van der Waals surface area contributed by atoms with Gasteiger partial charge in [0.05, 0.1) is 18.8 Å². The minimum Gasteiger partial charge on any atom is -0.404 e. The van der Waals surface area contributed by atoms with E-state index in [-0.39, 0.29) is 36.5 Å². The topological polar surface area (TPSA) is 121 Å². The summed E-state index contributed by atoms with van der Waals surface area (Å²) in [4.78, 5) is 35.0. The standard InChI is InChI=1S/C26H22F8N6O4S/c1-43-19-11-21(39(14-19)15-35)25(42)40(17-4-7-20(8-5-17)45(30,31,32,33)34)23(16-3-2-10-36-12-16)24(41)38-22-9-6-18(13-37-22)44-26(27,28)29/h2-10,12-13,19,21,23H,11,14H2,1H3,(H,37,38,41)/t19-,21-,23?/m1/s1. The summed E-state index contributed by atoms with van der Waals surface area (Å²) in [7, 11) is -8.80. The van der Waals surface area contributed by atoms with Crippen molar-refractivity contribution in [2.24, 2.45) is 0 Å². The second-order valence-corrected chi connectivity index (χ2v) is 12.0. The number of nitrogens with one attached hydrogen (secondary N) is 1. The highest BCUT2D eigenvalue weighted by atomic mass is 32.5. The molecule has 3 heterocycles. The van der Waals surface area contributed by atoms with E-state index < -0.39 is 62.9 Å². The number of carbonyl (C=O) groups excluding carboxylic acids is 2. The van der Waals surface area contributed by atoms with Crippen LogP contribution >= 0.6 is 10.2 Å². The first-order valence-corrected chi connectivity index (χ1v) is 14.5. The maximum absolute atomic E-state index is 14.1. The van der Waals surface area contributed by atoms with Gasteiger partial charge in [0.2, 0.25) is 0 Å². The van der Waals surface area contributed by atoms with Crippen molar-refractivity contribution in [1.82, 2.24) is 14.9 Å². The zero-order valence-corrected chi connectivity index (χ0v) is 23.6. The van der Waals surface area contributed by atoms with Crippen LogP contribution in [-0.2, 0) is 14.3 Å². The van der Waals surface area contributed by atoms with Gasteiger partial charge in [0.1, 0.15) is 28.5 Å². The van der Waals surface area contributed by atoms with E-state index in [0.29, 0.717) is 18.3 Å². The van der Waals surface area contributed by atoms with E-state index in [1.54, 1.807) is 0 Å². The van der Waals surface area contributed by atoms with Crippen molar-refractivity contribution in [2.75, 3.05) is 23.9 Å². The zero-order chi connectivity index (χ0) is 33.3. The summed E-state index contributed by atoms with van der Waals surface area (Å²) >= 11 is 0. The molecule has 2 aromatic heterocycles. The van der Waals surface area contributed by atoms with Crippen LogP contribution in [0.5, 0.6) is 5.75 Å². The molecule has 3 aromatic rings. The van der Waals surface area contributed by atoms with Gasteiger partial charge in [-0.3, -0.25) is 24.4 Å². The van der Waals surface area contributed by atoms with Crippen molar-refractivity contribution in [3.63, 3.8) is 0 Å². The monoisotopic (exact) mass is 666 g/mol. The van der Waals surface area contributed by atoms with Crippen molar-refractivity contribution in [3.8, 4) is 11.9 Å². The average Bonchev–Trinajstić information content (AvgIpc) is 3.39. The molecule has 45 heavy (non-hydrogen) atoms. The van der Waals surface area contributed by atoms with Crippen molar-refractivity contribution in [2.45, 2.75) is 35.9 Å². The molecule has 3 atom stereocenters. The van der Waals surface area contributed by atoms with Crippen LogP contribution in [0.1, 0.15) is 18.0 Å². The minimum atomic E-state index is -10.1. The second kappa shape index (κ2) is 11.3. The van der Waals surface area contributed by atoms with E-state index in [4.69, 9.17) is 4.74 Å². The molecule has 1 aromatic carbocycles. The molecule has 2 amide bonds. The van der Waals surface area contributed by atoms with Gasteiger partial charge in [-0.2, -0.15) is 5.26 Å². The van der Waals surface area contributed by atoms with Gasteiger partial charge in [0.15, 0.2) is 6.19 Å². The number of pyridine rings is 2. The normalized spacial score (nSPS) is 19.1. The predicted octanol–water partition coefficient (Wildman–Crippen LogP) is 6.32. The van der Waals surface area contributed by atoms with Crippen LogP contribution in [0.2, 0.25) is 0 Å². The highest BCUT2D eigenvalue weighted by molar-refractivity contribution is 8.45. The number of alkyl halides is 3. The third-order valence-corrected chi connectivity index (χ3v) is 7.70. The Morgan fingerprint density at radius 2 is 1.78 bits per heavy atom. The van der Waals surface area contributed by atoms with Crippen LogP contribution in [0.3, 0.4) is 0 Å². The van der Waals surface area contributed by atoms with E-state index >= 15 is 0 Å². The van der Waals surface area contributed by atoms with Gasteiger partial charge in [0, 0.05) is 37.2 Å². The van der Waals surface area contributed by atoms with E-state index in [9.17, 15) is 47.5 Å². The molecule has 0 radical (unpaired) electrons. The van der Waals surface area contributed by atoms with Crippen LogP contribution in [0.4, 0.5) is 44.1 Å². The van der Waals surface area contributed by atoms with E-state index in [1.165, 1.54) is 25.4 Å². The molecule has 0 spiro atoms. The molecule has 10 nitrogen and oxygen atoms in total. The third-order valence-electron chi connectivity index (χ3n) is 6.54. The van der Waals surface area contributed by atoms with Crippen LogP contribution < -0.4 is 15.0 Å². The molecule has 19 heteroatoms. The van der Waals surface area contributed by atoms with Gasteiger partial charge in [0.25, 0.3) is 11.8 Å². The number of nitrogens with zero attached hydrogens (tertiary/aromatic N) is 5. The summed E-state index contributed by atoms with van der Waals surface area (Å²) in [6, 6.07) is 2.70. The Bertz CT molecular complexity index is 1590. The Balaban J connectivity index is 1.81. The number of rotatable bonds is 9. The first kappa shape index (κ1) is 33.2. The number of ether oxygens (including phenoxy) is 2. The number of hydrogen-bond acceptors (Lipinski definition) is 8. The van der Waals surface area contributed by atoms with Gasteiger partial charge < -0.3 is 14.8 Å². The summed E-state index contributed by atoms with van der Waals surface area (Å²) in [5.74, 6) is -3.08. The van der Waals surface area contributed by atoms with Crippen molar-refractivity contribution in [1.29, 1.82) is 5.26 Å². The zero-order valence-electron chi connectivity index (χ0n) is 22.8. The number of aromatic nitrogens is 2. The molecule has 1 N–H and O–H groups in total. The van der Waals surface area contributed by atoms with Crippen LogP contribution in [0.15, 0.2) is 72.0 Å². The summed E-state index contributed by atoms with van der Waals surface area (Å²) in [6.07, 6.45) is -0.788. The van der Waals surface area contributed by atoms with Gasteiger partial charge >= 0.3 is 16.6 Å². The van der Waals surface area contributed by atoms with Gasteiger partial charge in [-0.15, -0.1) is 13.2 Å². The van der Waals surface area contributed by atoms with E-state index in [2.05, 4.69) is 20.0 Å². The maximum atomic E-state index is 14.1. The molecular formula is C26H22F8N6O4S. The Morgan fingerprint density at radius 3 is 2.29 bits per heavy atom. The summed E-state index contributed by atoms with van der Waals surface area (Å²) in [5, 5.41) is 12.0. The number of methoxy groups -OCH3 is 1. The van der Waals surface area contributed by atoms with Gasteiger partial charge in [-0.25, -0.2) is 4.98 Å². The summed E-state index contributed by atoms with van der Waals surface area (Å²) in [6.45, 7) is -0.0412. The highest BCUT2D eigenvalue weighted by Gasteiger charge is 2.65. The lowest BCUT2D eigenvalue weighted by Gasteiger charge is -2.41. The predicted molar refractivity (Wildman–Crippen MR) is 143 cm³/mol. The number of halogens is 8. The first-order chi connectivity index (χ1) is 20.8. The number of likely N-dealkylation sites (tertiary alicyclic amines) is 1. The Labute approximate surface area is 249 Å². The molecule has 0 bridgehead atoms. The Hall–Kier alpha value is -4.70. The lowest BCUT2D eigenvalue weighted by atomic mass is 10.0. The molecule has 0 saturated carbocycles. The fourth-order valence-corrected chi connectivity index (χ4v) is 5.19. The number of benzene rings is 1. The van der Waals surface area contributed by atoms with Crippen LogP contribution in [0.25, 0.3) is 0 Å². The number of amides is 2. The molecule has 1 aliphatic rings. The Kier molecular flexibility index (Phi) is 8.37. The minimum absolute atomic E-state index is 0.0121. The maximum Gasteiger partial charge on any atom is 0.573 e. The molecule has 1 saturated heterocycles. The molecule has 0 aliphatic carbocycles. The highest BCUT2D eigenvalue weighted by Crippen LogP contribution is 3.02. The van der Waals surface area contributed by atoms with E-state index in [1.807, 2.05) is 6.19 Å². The largest absolute Gasteiger partial charge is 0.573 e. The van der Waals surface area contributed by atoms with Crippen molar-refractivity contribution < 1.29 is 51.7 Å². The van der Waals surface area contributed by atoms with Gasteiger partial charge in [-0.1, -0.05) is 25.5 Å². The molecular weight excluding hydrogens is 644 g/mol. The summed E-state index contributed by atoms with van der Waals surface area (Å²) < 4.78 is 114. The fraction of sp³-hybridized carbons (Fsp3) is 0.269. The van der Waals surface area contributed by atoms with E-state index in [0.717, 1.165) is 28.1 Å². The average molecular weight is 667 g/mol. The third kappa shape index (κ3) is 8.07. The van der Waals surface area contributed by atoms with Crippen LogP contribution in [0, 0.1) is 11.5 Å². The Morgan fingerprint density at radius 1 is 1.09 bits per heavy atom. The smallest absolute Gasteiger partial charge is 0.404 e. The number of carbonyl (C=O) groups is 2. The SMILES string of the molecule is CO[C@@H]1C[C@H](C(=O)N(c2ccc(S(F)(F)(F)(F)F)cc2)C(C(=O)Nc2ccc(OC(F)(F)F)cn2)c2cccnc2)N(C#N)C1. The lowest BCUT2D eigenvalue weighted by Crippen LogP contribution is -2.49. The first-order valence-electron chi connectivity index (χ1n) is 12.6. The number of anilines is 2. The van der Waals surface area contributed by atoms with Crippen molar-refractivity contribution >= 4 is 33.5 Å². The molecule has 1 unspecified atom stereocenters.